The predicted octanol–water partition coefficient (Wildman–Crippen LogP) is 3.74. The molecule has 0 bridgehead atoms. The summed E-state index contributed by atoms with van der Waals surface area (Å²) in [7, 11) is 0. The van der Waals surface area contributed by atoms with Gasteiger partial charge in [0.25, 0.3) is 5.91 Å². The number of amides is 3. The zero-order valence-corrected chi connectivity index (χ0v) is 18.2. The molecule has 3 amide bonds. The second-order valence-corrected chi connectivity index (χ2v) is 8.60. The highest BCUT2D eigenvalue weighted by atomic mass is 35.5. The third kappa shape index (κ3) is 5.03. The van der Waals surface area contributed by atoms with Gasteiger partial charge in [-0.05, 0) is 24.6 Å². The first-order chi connectivity index (χ1) is 13.7. The SMILES string of the molecule is Cc1cc(C(=O)N2CCN(C(=O)NCC(C)(C)c3ccc(Cl)c(Cl)c3)CC2)on1. The van der Waals surface area contributed by atoms with Gasteiger partial charge in [0.15, 0.2) is 0 Å². The van der Waals surface area contributed by atoms with Crippen LogP contribution in [0.1, 0.15) is 35.7 Å². The Labute approximate surface area is 179 Å². The second-order valence-electron chi connectivity index (χ2n) is 7.78. The average molecular weight is 439 g/mol. The smallest absolute Gasteiger partial charge is 0.317 e. The first-order valence-corrected chi connectivity index (χ1v) is 10.1. The summed E-state index contributed by atoms with van der Waals surface area (Å²) in [5.74, 6) is 0.0233. The summed E-state index contributed by atoms with van der Waals surface area (Å²) < 4.78 is 5.04. The fourth-order valence-electron chi connectivity index (χ4n) is 3.16. The molecule has 2 heterocycles. The largest absolute Gasteiger partial charge is 0.351 e. The maximum atomic E-state index is 12.6. The third-order valence-electron chi connectivity index (χ3n) is 5.08. The number of carbonyl (C=O) groups excluding carboxylic acids is 2. The highest BCUT2D eigenvalue weighted by Gasteiger charge is 2.28. The predicted molar refractivity (Wildman–Crippen MR) is 112 cm³/mol. The van der Waals surface area contributed by atoms with Crippen LogP contribution in [0.25, 0.3) is 0 Å². The molecular formula is C20H24Cl2N4O3. The van der Waals surface area contributed by atoms with Crippen molar-refractivity contribution < 1.29 is 14.1 Å². The summed E-state index contributed by atoms with van der Waals surface area (Å²) in [5.41, 5.74) is 1.34. The molecule has 1 N–H and O–H groups in total. The van der Waals surface area contributed by atoms with E-state index in [4.69, 9.17) is 27.7 Å². The van der Waals surface area contributed by atoms with Crippen LogP contribution in [-0.2, 0) is 5.41 Å². The van der Waals surface area contributed by atoms with Gasteiger partial charge < -0.3 is 19.6 Å². The molecule has 1 aromatic heterocycles. The van der Waals surface area contributed by atoms with Crippen LogP contribution in [0.4, 0.5) is 4.79 Å². The number of benzene rings is 1. The van der Waals surface area contributed by atoms with E-state index >= 15 is 0 Å². The number of halogens is 2. The number of aromatic nitrogens is 1. The summed E-state index contributed by atoms with van der Waals surface area (Å²) in [6.45, 7) is 8.08. The summed E-state index contributed by atoms with van der Waals surface area (Å²) in [5, 5.41) is 7.72. The number of aryl methyl sites for hydroxylation is 1. The minimum atomic E-state index is -0.314. The van der Waals surface area contributed by atoms with Gasteiger partial charge in [-0.1, -0.05) is 48.3 Å². The van der Waals surface area contributed by atoms with Gasteiger partial charge in [-0.3, -0.25) is 4.79 Å². The van der Waals surface area contributed by atoms with E-state index in [0.717, 1.165) is 5.56 Å². The van der Waals surface area contributed by atoms with E-state index in [1.54, 1.807) is 28.9 Å². The summed E-state index contributed by atoms with van der Waals surface area (Å²) in [4.78, 5) is 28.4. The van der Waals surface area contributed by atoms with Crippen LogP contribution in [0, 0.1) is 6.92 Å². The van der Waals surface area contributed by atoms with Crippen LogP contribution in [0.2, 0.25) is 10.0 Å². The van der Waals surface area contributed by atoms with Crippen molar-refractivity contribution in [3.05, 3.63) is 51.3 Å². The molecule has 3 rings (SSSR count). The first kappa shape index (κ1) is 21.5. The lowest BCUT2D eigenvalue weighted by atomic mass is 9.84. The summed E-state index contributed by atoms with van der Waals surface area (Å²) in [6.07, 6.45) is 0. The third-order valence-corrected chi connectivity index (χ3v) is 5.81. The molecule has 0 radical (unpaired) electrons. The van der Waals surface area contributed by atoms with Gasteiger partial charge in [-0.2, -0.15) is 0 Å². The zero-order valence-electron chi connectivity index (χ0n) is 16.7. The maximum Gasteiger partial charge on any atom is 0.317 e. The Balaban J connectivity index is 1.51. The fourth-order valence-corrected chi connectivity index (χ4v) is 3.46. The van der Waals surface area contributed by atoms with Crippen LogP contribution < -0.4 is 5.32 Å². The molecule has 156 valence electrons. The Morgan fingerprint density at radius 2 is 1.76 bits per heavy atom. The van der Waals surface area contributed by atoms with E-state index in [9.17, 15) is 9.59 Å². The number of hydrogen-bond donors (Lipinski definition) is 1. The Kier molecular flexibility index (Phi) is 6.39. The number of nitrogens with zero attached hydrogens (tertiary/aromatic N) is 3. The highest BCUT2D eigenvalue weighted by Crippen LogP contribution is 2.29. The van der Waals surface area contributed by atoms with Gasteiger partial charge in [-0.25, -0.2) is 4.79 Å². The minimum Gasteiger partial charge on any atom is -0.351 e. The van der Waals surface area contributed by atoms with E-state index in [1.165, 1.54) is 0 Å². The lowest BCUT2D eigenvalue weighted by Gasteiger charge is -2.35. The van der Waals surface area contributed by atoms with Crippen molar-refractivity contribution in [3.63, 3.8) is 0 Å². The maximum absolute atomic E-state index is 12.6. The molecule has 0 spiro atoms. The molecule has 1 fully saturated rings. The molecule has 0 aliphatic carbocycles. The molecule has 2 aromatic rings. The quantitative estimate of drug-likeness (QED) is 0.788. The first-order valence-electron chi connectivity index (χ1n) is 9.38. The number of hydrogen-bond acceptors (Lipinski definition) is 4. The van der Waals surface area contributed by atoms with Crippen molar-refractivity contribution >= 4 is 35.1 Å². The van der Waals surface area contributed by atoms with E-state index in [2.05, 4.69) is 10.5 Å². The number of rotatable bonds is 4. The van der Waals surface area contributed by atoms with Gasteiger partial charge in [0, 0.05) is 44.2 Å². The Bertz CT molecular complexity index is 905. The van der Waals surface area contributed by atoms with Gasteiger partial charge in [-0.15, -0.1) is 0 Å². The van der Waals surface area contributed by atoms with Crippen molar-refractivity contribution in [1.29, 1.82) is 0 Å². The zero-order chi connectivity index (χ0) is 21.2. The van der Waals surface area contributed by atoms with Crippen LogP contribution >= 0.6 is 23.2 Å². The van der Waals surface area contributed by atoms with Gasteiger partial charge in [0.1, 0.15) is 0 Å². The normalized spacial score (nSPS) is 14.8. The molecule has 29 heavy (non-hydrogen) atoms. The summed E-state index contributed by atoms with van der Waals surface area (Å²) in [6, 6.07) is 6.96. The van der Waals surface area contributed by atoms with E-state index in [-0.39, 0.29) is 23.1 Å². The Morgan fingerprint density at radius 3 is 2.34 bits per heavy atom. The molecule has 1 saturated heterocycles. The number of piperazine rings is 1. The topological polar surface area (TPSA) is 78.7 Å². The van der Waals surface area contributed by atoms with Gasteiger partial charge in [0.05, 0.1) is 15.7 Å². The van der Waals surface area contributed by atoms with Crippen molar-refractivity contribution in [3.8, 4) is 0 Å². The summed E-state index contributed by atoms with van der Waals surface area (Å²) >= 11 is 12.1. The molecule has 0 saturated carbocycles. The van der Waals surface area contributed by atoms with Crippen molar-refractivity contribution in [2.45, 2.75) is 26.2 Å². The van der Waals surface area contributed by atoms with Crippen molar-refractivity contribution in [2.75, 3.05) is 32.7 Å². The second kappa shape index (κ2) is 8.63. The van der Waals surface area contributed by atoms with Crippen LogP contribution in [0.3, 0.4) is 0 Å². The number of urea groups is 1. The highest BCUT2D eigenvalue weighted by molar-refractivity contribution is 6.42. The minimum absolute atomic E-state index is 0.152. The van der Waals surface area contributed by atoms with E-state index < -0.39 is 0 Å². The number of nitrogens with one attached hydrogen (secondary N) is 1. The Hall–Kier alpha value is -2.25. The standard InChI is InChI=1S/C20H24Cl2N4O3/c1-13-10-17(29-24-13)18(27)25-6-8-26(9-7-25)19(28)23-12-20(2,3)14-4-5-15(21)16(22)11-14/h4-5,10-11H,6-9,12H2,1-3H3,(H,23,28). The van der Waals surface area contributed by atoms with Gasteiger partial charge >= 0.3 is 6.03 Å². The average Bonchev–Trinajstić information content (AvgIpc) is 3.14. The lowest BCUT2D eigenvalue weighted by molar-refractivity contribution is 0.0624. The van der Waals surface area contributed by atoms with E-state index in [1.807, 2.05) is 26.0 Å². The molecule has 1 aliphatic heterocycles. The van der Waals surface area contributed by atoms with Crippen molar-refractivity contribution in [1.82, 2.24) is 20.3 Å². The van der Waals surface area contributed by atoms with Gasteiger partial charge in [0.2, 0.25) is 5.76 Å². The fraction of sp³-hybridized carbons (Fsp3) is 0.450. The van der Waals surface area contributed by atoms with E-state index in [0.29, 0.717) is 48.5 Å². The molecule has 9 heteroatoms. The molecule has 1 aromatic carbocycles. The van der Waals surface area contributed by atoms with Crippen LogP contribution in [-0.4, -0.2) is 59.6 Å². The van der Waals surface area contributed by atoms with Crippen LogP contribution in [0.15, 0.2) is 28.8 Å². The molecule has 0 unspecified atom stereocenters. The molecular weight excluding hydrogens is 415 g/mol. The van der Waals surface area contributed by atoms with Crippen LogP contribution in [0.5, 0.6) is 0 Å². The molecule has 7 nitrogen and oxygen atoms in total. The molecule has 1 aliphatic rings. The van der Waals surface area contributed by atoms with Crippen molar-refractivity contribution in [2.24, 2.45) is 0 Å². The molecule has 0 atom stereocenters. The number of carbonyl (C=O) groups is 2. The Morgan fingerprint density at radius 1 is 1.10 bits per heavy atom. The lowest BCUT2D eigenvalue weighted by Crippen LogP contribution is -2.54. The monoisotopic (exact) mass is 438 g/mol.